The Hall–Kier alpha value is -1.06. The fraction of sp³-hybridized carbons (Fsp3) is 0.600. The summed E-state index contributed by atoms with van der Waals surface area (Å²) in [4.78, 5) is 2.40. The van der Waals surface area contributed by atoms with Crippen LogP contribution in [-0.2, 0) is 11.2 Å². The van der Waals surface area contributed by atoms with Gasteiger partial charge in [-0.2, -0.15) is 0 Å². The molecule has 100 valence electrons. The smallest absolute Gasteiger partial charge is 0.0805 e. The highest BCUT2D eigenvalue weighted by Crippen LogP contribution is 2.26. The summed E-state index contributed by atoms with van der Waals surface area (Å²) in [7, 11) is 0. The topological polar surface area (TPSA) is 38.5 Å². The molecule has 0 saturated carbocycles. The minimum atomic E-state index is -0.0758. The van der Waals surface area contributed by atoms with Crippen molar-refractivity contribution in [3.63, 3.8) is 0 Å². The molecule has 2 N–H and O–H groups in total. The minimum Gasteiger partial charge on any atom is -0.369 e. The zero-order valence-electron chi connectivity index (χ0n) is 11.6. The summed E-state index contributed by atoms with van der Waals surface area (Å²) < 4.78 is 5.93. The molecular weight excluding hydrogens is 224 g/mol. The van der Waals surface area contributed by atoms with E-state index in [4.69, 9.17) is 10.5 Å². The molecule has 1 aromatic rings. The summed E-state index contributed by atoms with van der Waals surface area (Å²) in [6, 6.07) is 8.74. The summed E-state index contributed by atoms with van der Waals surface area (Å²) >= 11 is 0. The quantitative estimate of drug-likeness (QED) is 0.891. The predicted molar refractivity (Wildman–Crippen MR) is 76.0 cm³/mol. The molecule has 0 radical (unpaired) electrons. The zero-order valence-corrected chi connectivity index (χ0v) is 11.6. The van der Waals surface area contributed by atoms with Gasteiger partial charge >= 0.3 is 0 Å². The third-order valence-electron chi connectivity index (χ3n) is 3.30. The van der Waals surface area contributed by atoms with Crippen LogP contribution < -0.4 is 10.6 Å². The number of benzene rings is 1. The van der Waals surface area contributed by atoms with Crippen molar-refractivity contribution >= 4 is 5.69 Å². The van der Waals surface area contributed by atoms with E-state index in [9.17, 15) is 0 Å². The van der Waals surface area contributed by atoms with Crippen LogP contribution >= 0.6 is 0 Å². The Morgan fingerprint density at radius 3 is 2.56 bits per heavy atom. The minimum absolute atomic E-state index is 0.0758. The molecule has 1 fully saturated rings. The Labute approximate surface area is 110 Å². The van der Waals surface area contributed by atoms with Crippen molar-refractivity contribution in [1.82, 2.24) is 0 Å². The molecular formula is C15H24N2O. The van der Waals surface area contributed by atoms with Crippen LogP contribution in [0.25, 0.3) is 0 Å². The monoisotopic (exact) mass is 248 g/mol. The van der Waals surface area contributed by atoms with E-state index in [1.165, 1.54) is 11.3 Å². The number of nitrogens with zero attached hydrogens (tertiary/aromatic N) is 1. The van der Waals surface area contributed by atoms with Crippen molar-refractivity contribution in [2.24, 2.45) is 5.73 Å². The molecule has 0 spiro atoms. The lowest BCUT2D eigenvalue weighted by Crippen LogP contribution is -2.52. The van der Waals surface area contributed by atoms with E-state index in [1.54, 1.807) is 0 Å². The first-order valence-electron chi connectivity index (χ1n) is 6.72. The summed E-state index contributed by atoms with van der Waals surface area (Å²) in [5, 5.41) is 0. The van der Waals surface area contributed by atoms with Gasteiger partial charge in [0.05, 0.1) is 11.7 Å². The van der Waals surface area contributed by atoms with Gasteiger partial charge in [-0.1, -0.05) is 12.1 Å². The number of hydrogen-bond donors (Lipinski definition) is 1. The number of hydrogen-bond acceptors (Lipinski definition) is 3. The Morgan fingerprint density at radius 2 is 2.00 bits per heavy atom. The van der Waals surface area contributed by atoms with E-state index < -0.39 is 0 Å². The van der Waals surface area contributed by atoms with Crippen LogP contribution in [0.1, 0.15) is 26.3 Å². The highest BCUT2D eigenvalue weighted by Gasteiger charge is 2.31. The number of anilines is 1. The molecule has 3 heteroatoms. The van der Waals surface area contributed by atoms with E-state index in [2.05, 4.69) is 49.9 Å². The van der Waals surface area contributed by atoms with Crippen LogP contribution in [0.4, 0.5) is 5.69 Å². The van der Waals surface area contributed by atoms with Gasteiger partial charge in [0.25, 0.3) is 0 Å². The third kappa shape index (κ3) is 3.24. The lowest BCUT2D eigenvalue weighted by atomic mass is 10.0. The second kappa shape index (κ2) is 5.29. The van der Waals surface area contributed by atoms with E-state index >= 15 is 0 Å². The van der Waals surface area contributed by atoms with Gasteiger partial charge in [-0.15, -0.1) is 0 Å². The maximum absolute atomic E-state index is 5.93. The average Bonchev–Trinajstić information content (AvgIpc) is 2.27. The predicted octanol–water partition coefficient (Wildman–Crippen LogP) is 2.19. The number of rotatable bonds is 3. The number of morpholine rings is 1. The molecule has 0 amide bonds. The molecule has 0 aliphatic carbocycles. The normalized spacial score (nSPS) is 23.1. The summed E-state index contributed by atoms with van der Waals surface area (Å²) in [6.45, 7) is 9.04. The van der Waals surface area contributed by atoms with Gasteiger partial charge in [-0.3, -0.25) is 0 Å². The third-order valence-corrected chi connectivity index (χ3v) is 3.30. The fourth-order valence-corrected chi connectivity index (χ4v) is 2.69. The van der Waals surface area contributed by atoms with Gasteiger partial charge in [0.2, 0.25) is 0 Å². The van der Waals surface area contributed by atoms with Crippen LogP contribution in [0.15, 0.2) is 24.3 Å². The number of nitrogens with two attached hydrogens (primary N) is 1. The van der Waals surface area contributed by atoms with Gasteiger partial charge < -0.3 is 15.4 Å². The van der Waals surface area contributed by atoms with E-state index in [-0.39, 0.29) is 11.7 Å². The first-order valence-corrected chi connectivity index (χ1v) is 6.72. The van der Waals surface area contributed by atoms with Crippen molar-refractivity contribution in [1.29, 1.82) is 0 Å². The molecule has 0 bridgehead atoms. The SMILES string of the molecule is CC1CN(c2ccc(CCN)cc2)CC(C)(C)O1. The van der Waals surface area contributed by atoms with Crippen molar-refractivity contribution in [3.8, 4) is 0 Å². The molecule has 1 saturated heterocycles. The maximum Gasteiger partial charge on any atom is 0.0805 e. The molecule has 0 aromatic heterocycles. The standard InChI is InChI=1S/C15H24N2O/c1-12-10-17(11-15(2,3)18-12)14-6-4-13(5-7-14)8-9-16/h4-7,12H,8-11,16H2,1-3H3. The molecule has 1 heterocycles. The molecule has 2 rings (SSSR count). The lowest BCUT2D eigenvalue weighted by molar-refractivity contribution is -0.0749. The highest BCUT2D eigenvalue weighted by molar-refractivity contribution is 5.48. The Kier molecular flexibility index (Phi) is 3.93. The van der Waals surface area contributed by atoms with E-state index in [0.29, 0.717) is 6.54 Å². The molecule has 1 aromatic carbocycles. The number of ether oxygens (including phenoxy) is 1. The Morgan fingerprint density at radius 1 is 1.33 bits per heavy atom. The largest absolute Gasteiger partial charge is 0.369 e. The van der Waals surface area contributed by atoms with Crippen LogP contribution in [0.5, 0.6) is 0 Å². The molecule has 1 aliphatic rings. The molecule has 1 aliphatic heterocycles. The van der Waals surface area contributed by atoms with Crippen molar-refractivity contribution < 1.29 is 4.74 Å². The molecule has 3 nitrogen and oxygen atoms in total. The fourth-order valence-electron chi connectivity index (χ4n) is 2.69. The molecule has 1 atom stereocenters. The summed E-state index contributed by atoms with van der Waals surface area (Å²) in [6.07, 6.45) is 1.23. The van der Waals surface area contributed by atoms with Gasteiger partial charge in [-0.25, -0.2) is 0 Å². The van der Waals surface area contributed by atoms with Gasteiger partial charge in [0, 0.05) is 18.8 Å². The second-order valence-electron chi connectivity index (χ2n) is 5.77. The summed E-state index contributed by atoms with van der Waals surface area (Å²) in [5.74, 6) is 0. The molecule has 18 heavy (non-hydrogen) atoms. The van der Waals surface area contributed by atoms with E-state index in [0.717, 1.165) is 19.5 Å². The zero-order chi connectivity index (χ0) is 13.2. The van der Waals surface area contributed by atoms with Crippen molar-refractivity contribution in [2.45, 2.75) is 38.9 Å². The van der Waals surface area contributed by atoms with Gasteiger partial charge in [-0.05, 0) is 51.4 Å². The van der Waals surface area contributed by atoms with Gasteiger partial charge in [0.15, 0.2) is 0 Å². The first-order chi connectivity index (χ1) is 8.50. The average molecular weight is 248 g/mol. The van der Waals surface area contributed by atoms with Crippen LogP contribution in [0.2, 0.25) is 0 Å². The van der Waals surface area contributed by atoms with Gasteiger partial charge in [0.1, 0.15) is 0 Å². The van der Waals surface area contributed by atoms with Crippen LogP contribution in [0, 0.1) is 0 Å². The van der Waals surface area contributed by atoms with Crippen molar-refractivity contribution in [2.75, 3.05) is 24.5 Å². The van der Waals surface area contributed by atoms with Crippen LogP contribution in [0.3, 0.4) is 0 Å². The van der Waals surface area contributed by atoms with Crippen LogP contribution in [-0.4, -0.2) is 31.3 Å². The Balaban J connectivity index is 2.10. The lowest BCUT2D eigenvalue weighted by Gasteiger charge is -2.43. The Bertz CT molecular complexity index is 386. The first kappa shape index (κ1) is 13.4. The van der Waals surface area contributed by atoms with E-state index in [1.807, 2.05) is 0 Å². The maximum atomic E-state index is 5.93. The second-order valence-corrected chi connectivity index (χ2v) is 5.77. The molecule has 1 unspecified atom stereocenters. The highest BCUT2D eigenvalue weighted by atomic mass is 16.5. The summed E-state index contributed by atoms with van der Waals surface area (Å²) in [5.41, 5.74) is 8.08. The van der Waals surface area contributed by atoms with Crippen molar-refractivity contribution in [3.05, 3.63) is 29.8 Å².